The van der Waals surface area contributed by atoms with Gasteiger partial charge in [-0.05, 0) is 89.7 Å². The van der Waals surface area contributed by atoms with Crippen molar-refractivity contribution >= 4 is 11.6 Å². The molecule has 2 fully saturated rings. The molecule has 0 saturated carbocycles. The van der Waals surface area contributed by atoms with Crippen molar-refractivity contribution in [3.05, 3.63) is 29.8 Å². The maximum atomic E-state index is 12.9. The van der Waals surface area contributed by atoms with Gasteiger partial charge in [-0.2, -0.15) is 0 Å². The molecule has 2 aliphatic rings. The summed E-state index contributed by atoms with van der Waals surface area (Å²) < 4.78 is 0. The molecule has 1 aromatic carbocycles. The highest BCUT2D eigenvalue weighted by Gasteiger charge is 2.25. The van der Waals surface area contributed by atoms with E-state index in [-0.39, 0.29) is 5.91 Å². The number of piperidine rings is 1. The zero-order chi connectivity index (χ0) is 19.9. The van der Waals surface area contributed by atoms with Crippen LogP contribution in [0.5, 0.6) is 0 Å². The lowest BCUT2D eigenvalue weighted by molar-refractivity contribution is 0.0668. The normalized spacial score (nSPS) is 19.6. The third-order valence-corrected chi connectivity index (χ3v) is 6.53. The van der Waals surface area contributed by atoms with Crippen molar-refractivity contribution in [1.29, 1.82) is 0 Å². The highest BCUT2D eigenvalue weighted by molar-refractivity contribution is 5.94. The Morgan fingerprint density at radius 3 is 2.14 bits per heavy atom. The number of hydrogen-bond donors (Lipinski definition) is 0. The molecule has 0 unspecified atom stereocenters. The number of carbonyl (C=O) groups excluding carboxylic acids is 1. The number of rotatable bonds is 6. The molecule has 0 bridgehead atoms. The third kappa shape index (κ3) is 5.50. The predicted molar refractivity (Wildman–Crippen MR) is 118 cm³/mol. The van der Waals surface area contributed by atoms with E-state index in [4.69, 9.17) is 0 Å². The Morgan fingerprint density at radius 2 is 1.61 bits per heavy atom. The van der Waals surface area contributed by atoms with E-state index in [1.807, 2.05) is 12.1 Å². The van der Waals surface area contributed by atoms with Crippen molar-refractivity contribution in [2.45, 2.75) is 65.3 Å². The molecule has 0 aliphatic carbocycles. The highest BCUT2D eigenvalue weighted by atomic mass is 16.2. The van der Waals surface area contributed by atoms with E-state index in [0.717, 1.165) is 44.0 Å². The minimum Gasteiger partial charge on any atom is -0.369 e. The second-order valence-corrected chi connectivity index (χ2v) is 8.88. The van der Waals surface area contributed by atoms with E-state index < -0.39 is 0 Å². The van der Waals surface area contributed by atoms with Gasteiger partial charge >= 0.3 is 0 Å². The van der Waals surface area contributed by atoms with Crippen molar-refractivity contribution in [2.24, 2.45) is 5.92 Å². The van der Waals surface area contributed by atoms with Crippen LogP contribution in [0.3, 0.4) is 0 Å². The molecule has 0 spiro atoms. The molecule has 0 aromatic heterocycles. The van der Waals surface area contributed by atoms with E-state index in [2.05, 4.69) is 47.6 Å². The Morgan fingerprint density at radius 1 is 1.00 bits per heavy atom. The maximum absolute atomic E-state index is 12.9. The molecule has 0 atom stereocenters. The molecule has 3 rings (SSSR count). The molecule has 28 heavy (non-hydrogen) atoms. The SMILES string of the molecule is CCN(c1ccc(C(=O)N2CCC(CN3CCCCCC3)CC2)cc1)C(C)C. The van der Waals surface area contributed by atoms with Gasteiger partial charge in [-0.15, -0.1) is 0 Å². The Labute approximate surface area is 171 Å². The highest BCUT2D eigenvalue weighted by Crippen LogP contribution is 2.23. The lowest BCUT2D eigenvalue weighted by Crippen LogP contribution is -2.41. The summed E-state index contributed by atoms with van der Waals surface area (Å²) in [6, 6.07) is 8.68. The number of benzene rings is 1. The maximum Gasteiger partial charge on any atom is 0.253 e. The second kappa shape index (κ2) is 10.3. The fraction of sp³-hybridized carbons (Fsp3) is 0.708. The Bertz CT molecular complexity index is 597. The van der Waals surface area contributed by atoms with Crippen LogP contribution >= 0.6 is 0 Å². The lowest BCUT2D eigenvalue weighted by atomic mass is 9.95. The van der Waals surface area contributed by atoms with Gasteiger partial charge in [-0.25, -0.2) is 0 Å². The number of carbonyl (C=O) groups is 1. The van der Waals surface area contributed by atoms with E-state index in [9.17, 15) is 4.79 Å². The third-order valence-electron chi connectivity index (χ3n) is 6.53. The van der Waals surface area contributed by atoms with Gasteiger partial charge in [0.25, 0.3) is 5.91 Å². The van der Waals surface area contributed by atoms with Crippen LogP contribution < -0.4 is 4.90 Å². The molecule has 1 amide bonds. The average Bonchev–Trinajstić information content (AvgIpc) is 2.97. The number of anilines is 1. The quantitative estimate of drug-likeness (QED) is 0.713. The van der Waals surface area contributed by atoms with E-state index in [0.29, 0.717) is 6.04 Å². The number of hydrogen-bond acceptors (Lipinski definition) is 3. The first-order valence-electron chi connectivity index (χ1n) is 11.5. The first-order valence-corrected chi connectivity index (χ1v) is 11.5. The largest absolute Gasteiger partial charge is 0.369 e. The molecule has 0 N–H and O–H groups in total. The van der Waals surface area contributed by atoms with Crippen LogP contribution in [0, 0.1) is 5.92 Å². The first kappa shape index (κ1) is 21.2. The zero-order valence-corrected chi connectivity index (χ0v) is 18.2. The van der Waals surface area contributed by atoms with E-state index in [1.54, 1.807) is 0 Å². The average molecular weight is 386 g/mol. The fourth-order valence-electron chi connectivity index (χ4n) is 4.83. The van der Waals surface area contributed by atoms with Gasteiger partial charge in [0, 0.05) is 43.5 Å². The first-order chi connectivity index (χ1) is 13.6. The minimum absolute atomic E-state index is 0.201. The van der Waals surface area contributed by atoms with Crippen molar-refractivity contribution in [3.63, 3.8) is 0 Å². The Hall–Kier alpha value is -1.55. The molecular weight excluding hydrogens is 346 g/mol. The second-order valence-electron chi connectivity index (χ2n) is 8.88. The molecule has 2 heterocycles. The summed E-state index contributed by atoms with van der Waals surface area (Å²) in [5, 5.41) is 0. The number of amides is 1. The van der Waals surface area contributed by atoms with Crippen LogP contribution in [0.2, 0.25) is 0 Å². The monoisotopic (exact) mass is 385 g/mol. The molecule has 4 nitrogen and oxygen atoms in total. The van der Waals surface area contributed by atoms with Gasteiger partial charge in [-0.3, -0.25) is 4.79 Å². The predicted octanol–water partition coefficient (Wildman–Crippen LogP) is 4.65. The van der Waals surface area contributed by atoms with Crippen molar-refractivity contribution < 1.29 is 4.79 Å². The van der Waals surface area contributed by atoms with Crippen molar-refractivity contribution in [2.75, 3.05) is 44.2 Å². The molecule has 156 valence electrons. The molecular formula is C24H39N3O. The van der Waals surface area contributed by atoms with Crippen LogP contribution in [0.15, 0.2) is 24.3 Å². The molecule has 2 saturated heterocycles. The lowest BCUT2D eigenvalue weighted by Gasteiger charge is -2.35. The van der Waals surface area contributed by atoms with Gasteiger partial charge < -0.3 is 14.7 Å². The van der Waals surface area contributed by atoms with E-state index >= 15 is 0 Å². The zero-order valence-electron chi connectivity index (χ0n) is 18.2. The standard InChI is InChI=1S/C24H39N3O/c1-4-27(20(2)3)23-11-9-22(10-12-23)24(28)26-17-13-21(14-18-26)19-25-15-7-5-6-8-16-25/h9-12,20-21H,4-8,13-19H2,1-3H3. The van der Waals surface area contributed by atoms with Gasteiger partial charge in [0.15, 0.2) is 0 Å². The molecule has 0 radical (unpaired) electrons. The van der Waals surface area contributed by atoms with Crippen LogP contribution in [-0.4, -0.2) is 61.0 Å². The Kier molecular flexibility index (Phi) is 7.78. The summed E-state index contributed by atoms with van der Waals surface area (Å²) in [6.07, 6.45) is 7.82. The van der Waals surface area contributed by atoms with Crippen molar-refractivity contribution in [3.8, 4) is 0 Å². The number of nitrogens with zero attached hydrogens (tertiary/aromatic N) is 3. The van der Waals surface area contributed by atoms with Gasteiger partial charge in [-0.1, -0.05) is 12.8 Å². The number of likely N-dealkylation sites (tertiary alicyclic amines) is 2. The van der Waals surface area contributed by atoms with Crippen LogP contribution in [-0.2, 0) is 0 Å². The van der Waals surface area contributed by atoms with Gasteiger partial charge in [0.1, 0.15) is 0 Å². The molecule has 1 aromatic rings. The topological polar surface area (TPSA) is 26.8 Å². The summed E-state index contributed by atoms with van der Waals surface area (Å²) in [6.45, 7) is 13.2. The summed E-state index contributed by atoms with van der Waals surface area (Å²) in [5.74, 6) is 0.959. The fourth-order valence-corrected chi connectivity index (χ4v) is 4.83. The van der Waals surface area contributed by atoms with Crippen LogP contribution in [0.1, 0.15) is 69.7 Å². The minimum atomic E-state index is 0.201. The van der Waals surface area contributed by atoms with Crippen molar-refractivity contribution in [1.82, 2.24) is 9.80 Å². The summed E-state index contributed by atoms with van der Waals surface area (Å²) in [4.78, 5) is 20.0. The summed E-state index contributed by atoms with van der Waals surface area (Å²) in [7, 11) is 0. The smallest absolute Gasteiger partial charge is 0.253 e. The summed E-state index contributed by atoms with van der Waals surface area (Å²) in [5.41, 5.74) is 2.03. The van der Waals surface area contributed by atoms with Crippen LogP contribution in [0.25, 0.3) is 0 Å². The van der Waals surface area contributed by atoms with Crippen LogP contribution in [0.4, 0.5) is 5.69 Å². The van der Waals surface area contributed by atoms with Gasteiger partial charge in [0.05, 0.1) is 0 Å². The molecule has 4 heteroatoms. The Balaban J connectivity index is 1.50. The molecule has 2 aliphatic heterocycles. The van der Waals surface area contributed by atoms with Gasteiger partial charge in [0.2, 0.25) is 0 Å². The summed E-state index contributed by atoms with van der Waals surface area (Å²) >= 11 is 0. The van der Waals surface area contributed by atoms with E-state index in [1.165, 1.54) is 51.0 Å².